The third-order valence-electron chi connectivity index (χ3n) is 2.68. The van der Waals surface area contributed by atoms with Gasteiger partial charge in [0.05, 0.1) is 6.10 Å². The number of benzene rings is 1. The van der Waals surface area contributed by atoms with E-state index in [1.807, 2.05) is 38.1 Å². The van der Waals surface area contributed by atoms with E-state index in [0.29, 0.717) is 18.4 Å². The van der Waals surface area contributed by atoms with Crippen molar-refractivity contribution in [2.75, 3.05) is 19.0 Å². The van der Waals surface area contributed by atoms with Crippen molar-refractivity contribution < 1.29 is 9.26 Å². The van der Waals surface area contributed by atoms with Crippen LogP contribution in [0.25, 0.3) is 11.4 Å². The number of anilines is 1. The minimum absolute atomic E-state index is 0.0970. The van der Waals surface area contributed by atoms with E-state index in [-0.39, 0.29) is 6.10 Å². The predicted octanol–water partition coefficient (Wildman–Crippen LogP) is 2.49. The molecule has 96 valence electrons. The van der Waals surface area contributed by atoms with Crippen molar-refractivity contribution in [2.45, 2.75) is 20.0 Å². The molecule has 0 bridgehead atoms. The summed E-state index contributed by atoms with van der Waals surface area (Å²) in [7, 11) is 1.66. The molecule has 5 heteroatoms. The number of aromatic nitrogens is 2. The molecular formula is C13H17N3O2. The summed E-state index contributed by atoms with van der Waals surface area (Å²) in [6.07, 6.45) is 0.0970. The van der Waals surface area contributed by atoms with E-state index in [1.54, 1.807) is 7.11 Å². The Balaban J connectivity index is 2.03. The molecule has 1 atom stereocenters. The van der Waals surface area contributed by atoms with Crippen LogP contribution in [0.15, 0.2) is 28.8 Å². The van der Waals surface area contributed by atoms with E-state index in [4.69, 9.17) is 9.26 Å². The first-order chi connectivity index (χ1) is 8.69. The molecule has 5 nitrogen and oxygen atoms in total. The molecule has 18 heavy (non-hydrogen) atoms. The van der Waals surface area contributed by atoms with Crippen molar-refractivity contribution in [2.24, 2.45) is 0 Å². The Morgan fingerprint density at radius 2 is 2.06 bits per heavy atom. The third kappa shape index (κ3) is 3.07. The maximum Gasteiger partial charge on any atom is 0.321 e. The minimum Gasteiger partial charge on any atom is -0.380 e. The molecule has 0 radical (unpaired) electrons. The topological polar surface area (TPSA) is 60.2 Å². The minimum atomic E-state index is 0.0970. The Kier molecular flexibility index (Phi) is 3.94. The number of aryl methyl sites for hydroxylation is 1. The molecule has 2 aromatic rings. The van der Waals surface area contributed by atoms with E-state index >= 15 is 0 Å². The quantitative estimate of drug-likeness (QED) is 0.879. The van der Waals surface area contributed by atoms with Crippen molar-refractivity contribution in [3.05, 3.63) is 29.8 Å². The summed E-state index contributed by atoms with van der Waals surface area (Å²) in [5, 5.41) is 6.96. The van der Waals surface area contributed by atoms with Gasteiger partial charge in [0.2, 0.25) is 5.82 Å². The number of rotatable bonds is 5. The Hall–Kier alpha value is -1.88. The number of hydrogen-bond acceptors (Lipinski definition) is 5. The van der Waals surface area contributed by atoms with Crippen LogP contribution in [0.4, 0.5) is 6.01 Å². The van der Waals surface area contributed by atoms with E-state index in [2.05, 4.69) is 15.5 Å². The van der Waals surface area contributed by atoms with Gasteiger partial charge in [0.25, 0.3) is 0 Å². The smallest absolute Gasteiger partial charge is 0.321 e. The van der Waals surface area contributed by atoms with Crippen molar-refractivity contribution in [1.29, 1.82) is 0 Å². The highest BCUT2D eigenvalue weighted by atomic mass is 16.5. The molecule has 0 fully saturated rings. The van der Waals surface area contributed by atoms with Gasteiger partial charge in [-0.3, -0.25) is 0 Å². The fourth-order valence-corrected chi connectivity index (χ4v) is 1.43. The van der Waals surface area contributed by atoms with Gasteiger partial charge in [-0.2, -0.15) is 4.98 Å². The van der Waals surface area contributed by atoms with Crippen molar-refractivity contribution >= 4 is 6.01 Å². The Bertz CT molecular complexity index is 493. The maximum atomic E-state index is 5.12. The van der Waals surface area contributed by atoms with Crippen LogP contribution >= 0.6 is 0 Å². The summed E-state index contributed by atoms with van der Waals surface area (Å²) in [5.74, 6) is 0.586. The maximum absolute atomic E-state index is 5.12. The molecule has 1 heterocycles. The summed E-state index contributed by atoms with van der Waals surface area (Å²) in [6.45, 7) is 4.63. The lowest BCUT2D eigenvalue weighted by Gasteiger charge is -2.07. The first kappa shape index (κ1) is 12.6. The third-order valence-corrected chi connectivity index (χ3v) is 2.68. The van der Waals surface area contributed by atoms with Crippen LogP contribution in [0.3, 0.4) is 0 Å². The molecule has 1 aromatic carbocycles. The zero-order valence-corrected chi connectivity index (χ0v) is 10.8. The van der Waals surface area contributed by atoms with Gasteiger partial charge < -0.3 is 14.6 Å². The highest BCUT2D eigenvalue weighted by Crippen LogP contribution is 2.17. The number of nitrogens with zero attached hydrogens (tertiary/aromatic N) is 2. The molecule has 0 saturated heterocycles. The summed E-state index contributed by atoms with van der Waals surface area (Å²) < 4.78 is 10.2. The van der Waals surface area contributed by atoms with Gasteiger partial charge in [-0.1, -0.05) is 35.0 Å². The molecule has 2 rings (SSSR count). The van der Waals surface area contributed by atoms with Gasteiger partial charge >= 0.3 is 6.01 Å². The van der Waals surface area contributed by atoms with Crippen molar-refractivity contribution in [3.8, 4) is 11.4 Å². The molecule has 0 aliphatic rings. The number of ether oxygens (including phenoxy) is 1. The molecule has 1 N–H and O–H groups in total. The molecule has 0 saturated carbocycles. The highest BCUT2D eigenvalue weighted by Gasteiger charge is 2.08. The van der Waals surface area contributed by atoms with Crippen LogP contribution in [0.2, 0.25) is 0 Å². The Morgan fingerprint density at radius 1 is 1.33 bits per heavy atom. The average Bonchev–Trinajstić information content (AvgIpc) is 2.85. The van der Waals surface area contributed by atoms with Gasteiger partial charge in [-0.15, -0.1) is 0 Å². The van der Waals surface area contributed by atoms with Crippen molar-refractivity contribution in [3.63, 3.8) is 0 Å². The largest absolute Gasteiger partial charge is 0.380 e. The van der Waals surface area contributed by atoms with Crippen LogP contribution in [0.1, 0.15) is 12.5 Å². The SMILES string of the molecule is COC(C)CNc1nc(-c2ccc(C)cc2)no1. The molecule has 0 aliphatic heterocycles. The van der Waals surface area contributed by atoms with Crippen LogP contribution in [-0.4, -0.2) is 29.9 Å². The molecular weight excluding hydrogens is 230 g/mol. The van der Waals surface area contributed by atoms with Crippen LogP contribution in [-0.2, 0) is 4.74 Å². The second kappa shape index (κ2) is 5.64. The van der Waals surface area contributed by atoms with Crippen LogP contribution in [0.5, 0.6) is 0 Å². The molecule has 1 unspecified atom stereocenters. The summed E-state index contributed by atoms with van der Waals surface area (Å²) in [6, 6.07) is 8.40. The Morgan fingerprint density at radius 3 is 2.72 bits per heavy atom. The summed E-state index contributed by atoms with van der Waals surface area (Å²) >= 11 is 0. The lowest BCUT2D eigenvalue weighted by molar-refractivity contribution is 0.128. The average molecular weight is 247 g/mol. The lowest BCUT2D eigenvalue weighted by atomic mass is 10.1. The molecule has 0 spiro atoms. The summed E-state index contributed by atoms with van der Waals surface area (Å²) in [4.78, 5) is 4.27. The first-order valence-corrected chi connectivity index (χ1v) is 5.86. The molecule has 0 aliphatic carbocycles. The van der Waals surface area contributed by atoms with Gasteiger partial charge in [0.1, 0.15) is 0 Å². The fourth-order valence-electron chi connectivity index (χ4n) is 1.43. The number of nitrogens with one attached hydrogen (secondary N) is 1. The van der Waals surface area contributed by atoms with Crippen LogP contribution < -0.4 is 5.32 Å². The van der Waals surface area contributed by atoms with E-state index in [1.165, 1.54) is 5.56 Å². The normalized spacial score (nSPS) is 12.4. The van der Waals surface area contributed by atoms with Gasteiger partial charge in [0, 0.05) is 19.2 Å². The number of methoxy groups -OCH3 is 1. The molecule has 0 amide bonds. The standard InChI is InChI=1S/C13H17N3O2/c1-9-4-6-11(7-5-9)12-15-13(18-16-12)14-8-10(2)17-3/h4-7,10H,8H2,1-3H3,(H,14,15,16). The summed E-state index contributed by atoms with van der Waals surface area (Å²) in [5.41, 5.74) is 2.15. The second-order valence-electron chi connectivity index (χ2n) is 4.22. The van der Waals surface area contributed by atoms with E-state index in [0.717, 1.165) is 5.56 Å². The fraction of sp³-hybridized carbons (Fsp3) is 0.385. The zero-order valence-electron chi connectivity index (χ0n) is 10.8. The Labute approximate surface area is 106 Å². The number of hydrogen-bond donors (Lipinski definition) is 1. The van der Waals surface area contributed by atoms with E-state index in [9.17, 15) is 0 Å². The van der Waals surface area contributed by atoms with Crippen LogP contribution in [0, 0.1) is 6.92 Å². The van der Waals surface area contributed by atoms with E-state index < -0.39 is 0 Å². The molecule has 1 aromatic heterocycles. The lowest BCUT2D eigenvalue weighted by Crippen LogP contribution is -2.18. The predicted molar refractivity (Wildman–Crippen MR) is 69.4 cm³/mol. The second-order valence-corrected chi connectivity index (χ2v) is 4.22. The highest BCUT2D eigenvalue weighted by molar-refractivity contribution is 5.55. The zero-order chi connectivity index (χ0) is 13.0. The van der Waals surface area contributed by atoms with Gasteiger partial charge in [0.15, 0.2) is 0 Å². The van der Waals surface area contributed by atoms with Gasteiger partial charge in [-0.05, 0) is 13.8 Å². The van der Waals surface area contributed by atoms with Gasteiger partial charge in [-0.25, -0.2) is 0 Å². The van der Waals surface area contributed by atoms with Crippen molar-refractivity contribution in [1.82, 2.24) is 10.1 Å². The first-order valence-electron chi connectivity index (χ1n) is 5.86. The monoisotopic (exact) mass is 247 g/mol.